The summed E-state index contributed by atoms with van der Waals surface area (Å²) in [5, 5.41) is 0. The molecule has 2 N–H and O–H groups in total. The average Bonchev–Trinajstić information content (AvgIpc) is 2.46. The molecule has 39 valence electrons. The summed E-state index contributed by atoms with van der Waals surface area (Å²) in [5.41, 5.74) is 4.93. The van der Waals surface area contributed by atoms with Crippen LogP contribution in [0.4, 0.5) is 0 Å². The summed E-state index contributed by atoms with van der Waals surface area (Å²) >= 11 is 0. The van der Waals surface area contributed by atoms with Crippen molar-refractivity contribution < 1.29 is 4.79 Å². The van der Waals surface area contributed by atoms with Gasteiger partial charge in [-0.15, -0.1) is 0 Å². The Bertz CT molecular complexity index is 86.1. The first-order valence-corrected chi connectivity index (χ1v) is 2.35. The van der Waals surface area contributed by atoms with Crippen molar-refractivity contribution in [3.8, 4) is 0 Å². The van der Waals surface area contributed by atoms with E-state index in [-0.39, 0.29) is 5.41 Å². The van der Waals surface area contributed by atoms with E-state index in [1.165, 1.54) is 6.54 Å². The van der Waals surface area contributed by atoms with Crippen molar-refractivity contribution in [1.29, 1.82) is 0 Å². The summed E-state index contributed by atoms with van der Waals surface area (Å²) in [7, 11) is 0. The van der Waals surface area contributed by atoms with Crippen LogP contribution in [0.3, 0.4) is 0 Å². The van der Waals surface area contributed by atoms with Gasteiger partial charge in [0.05, 0.1) is 0 Å². The molecule has 0 spiro atoms. The molecule has 1 radical (unpaired) electrons. The molecule has 1 aliphatic rings. The van der Waals surface area contributed by atoms with Gasteiger partial charge in [0.2, 0.25) is 0 Å². The molecule has 0 unspecified atom stereocenters. The summed E-state index contributed by atoms with van der Waals surface area (Å²) in [4.78, 5) is 10.0. The number of rotatable bonds is 2. The molecule has 2 nitrogen and oxygen atoms in total. The van der Waals surface area contributed by atoms with E-state index >= 15 is 0 Å². The van der Waals surface area contributed by atoms with Crippen molar-refractivity contribution in [3.63, 3.8) is 0 Å². The maximum absolute atomic E-state index is 10.0. The molecule has 0 aromatic heterocycles. The third-order valence-corrected chi connectivity index (χ3v) is 1.39. The molecule has 1 aliphatic carbocycles. The van der Waals surface area contributed by atoms with Crippen molar-refractivity contribution in [1.82, 2.24) is 0 Å². The van der Waals surface area contributed by atoms with Gasteiger partial charge in [0, 0.05) is 12.0 Å². The molecule has 0 atom stereocenters. The van der Waals surface area contributed by atoms with Crippen molar-refractivity contribution in [2.75, 3.05) is 0 Å². The lowest BCUT2D eigenvalue weighted by molar-refractivity contribution is -0.111. The lowest BCUT2D eigenvalue weighted by atomic mass is 10.1. The van der Waals surface area contributed by atoms with Gasteiger partial charge in [-0.25, -0.2) is 0 Å². The Hall–Kier alpha value is -0.370. The Morgan fingerprint density at radius 1 is 1.57 bits per heavy atom. The van der Waals surface area contributed by atoms with E-state index < -0.39 is 0 Å². The second-order valence-electron chi connectivity index (χ2n) is 2.02. The minimum atomic E-state index is -0.194. The molecule has 0 aliphatic heterocycles. The van der Waals surface area contributed by atoms with Crippen LogP contribution in [0.15, 0.2) is 0 Å². The lowest BCUT2D eigenvalue weighted by Gasteiger charge is -1.94. The Morgan fingerprint density at radius 2 is 2.14 bits per heavy atom. The van der Waals surface area contributed by atoms with Crippen molar-refractivity contribution in [3.05, 3.63) is 6.54 Å². The van der Waals surface area contributed by atoms with E-state index in [0.29, 0.717) is 0 Å². The topological polar surface area (TPSA) is 43.1 Å². The molecular weight excluding hydrogens is 90.1 g/mol. The molecule has 1 fully saturated rings. The molecule has 0 aromatic rings. The second kappa shape index (κ2) is 1.30. The first-order valence-electron chi connectivity index (χ1n) is 2.35. The molecule has 7 heavy (non-hydrogen) atoms. The van der Waals surface area contributed by atoms with Crippen LogP contribution in [0.2, 0.25) is 0 Å². The van der Waals surface area contributed by atoms with Crippen molar-refractivity contribution in [2.24, 2.45) is 11.1 Å². The fourth-order valence-corrected chi connectivity index (χ4v) is 0.468. The summed E-state index contributed by atoms with van der Waals surface area (Å²) in [6.07, 6.45) is 2.83. The van der Waals surface area contributed by atoms with Gasteiger partial charge < -0.3 is 10.5 Å². The molecule has 0 heterocycles. The fourth-order valence-electron chi connectivity index (χ4n) is 0.468. The van der Waals surface area contributed by atoms with Crippen LogP contribution in [-0.2, 0) is 4.79 Å². The summed E-state index contributed by atoms with van der Waals surface area (Å²) in [6, 6.07) is 0. The van der Waals surface area contributed by atoms with Crippen LogP contribution in [0, 0.1) is 12.0 Å². The zero-order valence-corrected chi connectivity index (χ0v) is 4.05. The number of aldehydes is 1. The van der Waals surface area contributed by atoms with Crippen LogP contribution >= 0.6 is 0 Å². The third-order valence-electron chi connectivity index (χ3n) is 1.39. The second-order valence-corrected chi connectivity index (χ2v) is 2.02. The summed E-state index contributed by atoms with van der Waals surface area (Å²) in [5.74, 6) is 0. The fraction of sp³-hybridized carbons (Fsp3) is 0.600. The van der Waals surface area contributed by atoms with Crippen molar-refractivity contribution >= 4 is 6.29 Å². The predicted molar refractivity (Wildman–Crippen MR) is 26.2 cm³/mol. The molecule has 2 heteroatoms. The minimum absolute atomic E-state index is 0.194. The number of carbonyl (C=O) groups is 1. The van der Waals surface area contributed by atoms with E-state index in [9.17, 15) is 4.79 Å². The molecule has 1 rings (SSSR count). The summed E-state index contributed by atoms with van der Waals surface area (Å²) in [6.45, 7) is 1.49. The van der Waals surface area contributed by atoms with Gasteiger partial charge in [-0.3, -0.25) is 0 Å². The number of hydrogen-bond donors (Lipinski definition) is 1. The van der Waals surface area contributed by atoms with E-state index in [1.807, 2.05) is 0 Å². The molecule has 0 amide bonds. The van der Waals surface area contributed by atoms with Crippen molar-refractivity contribution in [2.45, 2.75) is 12.8 Å². The van der Waals surface area contributed by atoms with E-state index in [4.69, 9.17) is 5.73 Å². The van der Waals surface area contributed by atoms with Crippen LogP contribution in [0.1, 0.15) is 12.8 Å². The van der Waals surface area contributed by atoms with E-state index in [0.717, 1.165) is 19.1 Å². The van der Waals surface area contributed by atoms with E-state index in [2.05, 4.69) is 0 Å². The van der Waals surface area contributed by atoms with E-state index in [1.54, 1.807) is 0 Å². The normalized spacial score (nSPS) is 24.1. The largest absolute Gasteiger partial charge is 0.325 e. The van der Waals surface area contributed by atoms with Gasteiger partial charge in [0.1, 0.15) is 6.29 Å². The maximum atomic E-state index is 10.0. The molecular formula is C5H8NO. The maximum Gasteiger partial charge on any atom is 0.127 e. The minimum Gasteiger partial charge on any atom is -0.325 e. The lowest BCUT2D eigenvalue weighted by Crippen LogP contribution is -2.08. The first kappa shape index (κ1) is 4.78. The van der Waals surface area contributed by atoms with Gasteiger partial charge in [0.25, 0.3) is 0 Å². The summed E-state index contributed by atoms with van der Waals surface area (Å²) < 4.78 is 0. The SMILES string of the molecule is N[CH]C1(C=O)CC1. The highest BCUT2D eigenvalue weighted by molar-refractivity contribution is 5.65. The zero-order valence-electron chi connectivity index (χ0n) is 4.05. The predicted octanol–water partition coefficient (Wildman–Crippen LogP) is 0.0860. The highest BCUT2D eigenvalue weighted by Gasteiger charge is 2.41. The Labute approximate surface area is 42.7 Å². The Kier molecular flexibility index (Phi) is 0.889. The number of nitrogens with two attached hydrogens (primary N) is 1. The molecule has 0 aromatic carbocycles. The smallest absolute Gasteiger partial charge is 0.127 e. The molecule has 1 saturated carbocycles. The van der Waals surface area contributed by atoms with Gasteiger partial charge in [0.15, 0.2) is 0 Å². The van der Waals surface area contributed by atoms with Gasteiger partial charge in [-0.05, 0) is 12.8 Å². The number of carbonyl (C=O) groups excluding carboxylic acids is 1. The van der Waals surface area contributed by atoms with Crippen LogP contribution in [0.25, 0.3) is 0 Å². The molecule has 0 bridgehead atoms. The van der Waals surface area contributed by atoms with Crippen LogP contribution in [-0.4, -0.2) is 6.29 Å². The monoisotopic (exact) mass is 98.1 g/mol. The third kappa shape index (κ3) is 0.657. The number of hydrogen-bond acceptors (Lipinski definition) is 2. The molecule has 0 saturated heterocycles. The van der Waals surface area contributed by atoms with Crippen LogP contribution in [0.5, 0.6) is 0 Å². The Morgan fingerprint density at radius 3 is 2.14 bits per heavy atom. The standard InChI is InChI=1S/C5H8NO/c6-3-5(4-7)1-2-5/h3-4H,1-2,6H2. The average molecular weight is 98.1 g/mol. The quantitative estimate of drug-likeness (QED) is 0.497. The highest BCUT2D eigenvalue weighted by Crippen LogP contribution is 2.44. The van der Waals surface area contributed by atoms with Gasteiger partial charge >= 0.3 is 0 Å². The highest BCUT2D eigenvalue weighted by atomic mass is 16.1. The van der Waals surface area contributed by atoms with Gasteiger partial charge in [-0.1, -0.05) is 0 Å². The Balaban J connectivity index is 2.42. The van der Waals surface area contributed by atoms with Gasteiger partial charge in [-0.2, -0.15) is 0 Å². The first-order chi connectivity index (χ1) is 3.33. The zero-order chi connectivity index (χ0) is 5.33. The van der Waals surface area contributed by atoms with Crippen LogP contribution < -0.4 is 5.73 Å².